The van der Waals surface area contributed by atoms with Crippen molar-refractivity contribution in [2.24, 2.45) is 5.92 Å². The van der Waals surface area contributed by atoms with Gasteiger partial charge in [-0.25, -0.2) is 8.42 Å². The van der Waals surface area contributed by atoms with Crippen molar-refractivity contribution in [1.29, 1.82) is 0 Å². The highest BCUT2D eigenvalue weighted by Crippen LogP contribution is 2.41. The molecule has 40 heavy (non-hydrogen) atoms. The third-order valence-corrected chi connectivity index (χ3v) is 7.98. The molecule has 6 nitrogen and oxygen atoms in total. The van der Waals surface area contributed by atoms with Crippen molar-refractivity contribution in [1.82, 2.24) is 5.32 Å². The van der Waals surface area contributed by atoms with Gasteiger partial charge >= 0.3 is 6.18 Å². The largest absolute Gasteiger partial charge is 0.460 e. The smallest absolute Gasteiger partial charge is 0.416 e. The molecule has 1 aromatic heterocycles. The molecule has 0 aliphatic heterocycles. The molecule has 2 aromatic carbocycles. The second kappa shape index (κ2) is 12.5. The van der Waals surface area contributed by atoms with Crippen LogP contribution in [0.4, 0.5) is 18.9 Å². The van der Waals surface area contributed by atoms with Crippen molar-refractivity contribution < 1.29 is 30.8 Å². The summed E-state index contributed by atoms with van der Waals surface area (Å²) in [5.41, 5.74) is 1.65. The number of rotatable bonds is 10. The highest BCUT2D eigenvalue weighted by Gasteiger charge is 2.32. The lowest BCUT2D eigenvalue weighted by Gasteiger charge is -2.32. The number of benzene rings is 2. The number of hydrogen-bond acceptors (Lipinski definition) is 5. The van der Waals surface area contributed by atoms with Crippen molar-refractivity contribution in [3.63, 3.8) is 0 Å². The number of carbonyl (C=O) groups is 1. The van der Waals surface area contributed by atoms with Crippen LogP contribution in [0.5, 0.6) is 0 Å². The van der Waals surface area contributed by atoms with Crippen LogP contribution in [-0.2, 0) is 21.8 Å². The van der Waals surface area contributed by atoms with Crippen molar-refractivity contribution in [3.05, 3.63) is 77.0 Å². The van der Waals surface area contributed by atoms with E-state index in [9.17, 15) is 26.4 Å². The Morgan fingerprint density at radius 3 is 2.25 bits per heavy atom. The number of sulfone groups is 1. The summed E-state index contributed by atoms with van der Waals surface area (Å²) in [6, 6.07) is 13.2. The molecule has 216 valence electrons. The average molecular weight is 577 g/mol. The Morgan fingerprint density at radius 2 is 1.68 bits per heavy atom. The third kappa shape index (κ3) is 7.68. The van der Waals surface area contributed by atoms with E-state index in [4.69, 9.17) is 4.42 Å². The molecule has 0 bridgehead atoms. The van der Waals surface area contributed by atoms with Gasteiger partial charge in [-0.3, -0.25) is 4.79 Å². The lowest BCUT2D eigenvalue weighted by atomic mass is 9.81. The molecule has 0 saturated heterocycles. The van der Waals surface area contributed by atoms with E-state index in [2.05, 4.69) is 10.6 Å². The summed E-state index contributed by atoms with van der Waals surface area (Å²) >= 11 is 0. The molecule has 1 saturated carbocycles. The van der Waals surface area contributed by atoms with E-state index < -0.39 is 21.6 Å². The zero-order valence-electron chi connectivity index (χ0n) is 22.7. The first-order chi connectivity index (χ1) is 18.9. The monoisotopic (exact) mass is 576 g/mol. The molecule has 1 heterocycles. The first-order valence-electron chi connectivity index (χ1n) is 13.6. The normalized spacial score (nSPS) is 15.5. The molecule has 1 aliphatic carbocycles. The van der Waals surface area contributed by atoms with Gasteiger partial charge in [-0.1, -0.05) is 38.3 Å². The minimum Gasteiger partial charge on any atom is -0.460 e. The van der Waals surface area contributed by atoms with E-state index in [1.165, 1.54) is 12.1 Å². The third-order valence-electron chi connectivity index (χ3n) is 7.19. The second-order valence-corrected chi connectivity index (χ2v) is 12.6. The van der Waals surface area contributed by atoms with Gasteiger partial charge in [0.25, 0.3) is 5.91 Å². The van der Waals surface area contributed by atoms with Gasteiger partial charge in [-0.2, -0.15) is 13.2 Å². The molecule has 1 amide bonds. The van der Waals surface area contributed by atoms with Crippen LogP contribution in [0.3, 0.4) is 0 Å². The fourth-order valence-corrected chi connectivity index (χ4v) is 5.88. The molecule has 0 spiro atoms. The van der Waals surface area contributed by atoms with Crippen LogP contribution in [0, 0.1) is 5.92 Å². The lowest BCUT2D eigenvalue weighted by Crippen LogP contribution is -2.25. The summed E-state index contributed by atoms with van der Waals surface area (Å²) in [5, 5.41) is 6.41. The second-order valence-electron chi connectivity index (χ2n) is 10.5. The minimum atomic E-state index is -4.46. The van der Waals surface area contributed by atoms with Gasteiger partial charge in [0, 0.05) is 35.2 Å². The lowest BCUT2D eigenvalue weighted by molar-refractivity contribution is -0.137. The van der Waals surface area contributed by atoms with E-state index >= 15 is 0 Å². The van der Waals surface area contributed by atoms with Crippen LogP contribution in [0.15, 0.2) is 59.0 Å². The Morgan fingerprint density at radius 1 is 1.02 bits per heavy atom. The van der Waals surface area contributed by atoms with Gasteiger partial charge in [0.05, 0.1) is 11.6 Å². The number of hydrogen-bond donors (Lipinski definition) is 2. The number of halogens is 3. The Labute approximate surface area is 233 Å². The van der Waals surface area contributed by atoms with Gasteiger partial charge in [0.15, 0.2) is 9.84 Å². The SMILES string of the molecule is CCCNC(=O)c1ccc(NC(c2cc(-c3ccc(C(F)(F)F)cc3)oc2CS(C)(=O)=O)C2CCCCC2)cc1. The quantitative estimate of drug-likeness (QED) is 0.263. The predicted molar refractivity (Wildman–Crippen MR) is 150 cm³/mol. The molecule has 2 N–H and O–H groups in total. The van der Waals surface area contributed by atoms with Gasteiger partial charge in [-0.05, 0) is 67.6 Å². The Kier molecular flexibility index (Phi) is 9.28. The number of alkyl halides is 3. The van der Waals surface area contributed by atoms with E-state index in [1.807, 2.05) is 19.1 Å². The van der Waals surface area contributed by atoms with Gasteiger partial charge in [-0.15, -0.1) is 0 Å². The molecule has 1 unspecified atom stereocenters. The highest BCUT2D eigenvalue weighted by molar-refractivity contribution is 7.89. The van der Waals surface area contributed by atoms with Crippen LogP contribution in [0.2, 0.25) is 0 Å². The van der Waals surface area contributed by atoms with Crippen LogP contribution in [0.25, 0.3) is 11.3 Å². The van der Waals surface area contributed by atoms with E-state index in [-0.39, 0.29) is 29.4 Å². The topological polar surface area (TPSA) is 88.4 Å². The molecule has 4 rings (SSSR count). The average Bonchev–Trinajstić information content (AvgIpc) is 3.32. The molecular weight excluding hydrogens is 541 g/mol. The van der Waals surface area contributed by atoms with Gasteiger partial charge < -0.3 is 15.1 Å². The Balaban J connectivity index is 1.70. The standard InChI is InChI=1S/C30H35F3N2O4S/c1-3-17-34-29(36)22-11-15-24(16-12-22)35-28(21-7-5-4-6-8-21)25-18-26(39-27(25)19-40(2,37)38)20-9-13-23(14-10-20)30(31,32)33/h9-16,18,21,28,35H,3-8,17,19H2,1-2H3,(H,34,36). The molecule has 1 fully saturated rings. The summed E-state index contributed by atoms with van der Waals surface area (Å²) < 4.78 is 70.0. The van der Waals surface area contributed by atoms with E-state index in [0.717, 1.165) is 62.6 Å². The molecule has 1 atom stereocenters. The summed E-state index contributed by atoms with van der Waals surface area (Å²) in [7, 11) is -3.47. The summed E-state index contributed by atoms with van der Waals surface area (Å²) in [4.78, 5) is 12.3. The van der Waals surface area contributed by atoms with Crippen molar-refractivity contribution in [3.8, 4) is 11.3 Å². The van der Waals surface area contributed by atoms with Crippen LogP contribution in [0.1, 0.15) is 78.7 Å². The van der Waals surface area contributed by atoms with Crippen LogP contribution < -0.4 is 10.6 Å². The molecule has 1 aliphatic rings. The van der Waals surface area contributed by atoms with E-state index in [1.54, 1.807) is 18.2 Å². The van der Waals surface area contributed by atoms with Gasteiger partial charge in [0.2, 0.25) is 0 Å². The molecule has 0 radical (unpaired) electrons. The molecular formula is C30H35F3N2O4S. The maximum atomic E-state index is 13.1. The van der Waals surface area contributed by atoms with E-state index in [0.29, 0.717) is 29.0 Å². The first kappa shape index (κ1) is 29.7. The number of anilines is 1. The van der Waals surface area contributed by atoms with Gasteiger partial charge in [0.1, 0.15) is 17.3 Å². The summed E-state index contributed by atoms with van der Waals surface area (Å²) in [6.07, 6.45) is 2.60. The number of furan rings is 1. The fourth-order valence-electron chi connectivity index (χ4n) is 5.18. The predicted octanol–water partition coefficient (Wildman–Crippen LogP) is 7.38. The highest BCUT2D eigenvalue weighted by atomic mass is 32.2. The number of amides is 1. The zero-order valence-corrected chi connectivity index (χ0v) is 23.5. The minimum absolute atomic E-state index is 0.149. The van der Waals surface area contributed by atoms with Crippen LogP contribution >= 0.6 is 0 Å². The molecule has 10 heteroatoms. The maximum Gasteiger partial charge on any atom is 0.416 e. The summed E-state index contributed by atoms with van der Waals surface area (Å²) in [6.45, 7) is 2.57. The Bertz CT molecular complexity index is 1390. The number of nitrogens with one attached hydrogen (secondary N) is 2. The van der Waals surface area contributed by atoms with Crippen molar-refractivity contribution in [2.45, 2.75) is 63.4 Å². The zero-order chi connectivity index (χ0) is 28.9. The van der Waals surface area contributed by atoms with Crippen LogP contribution in [-0.4, -0.2) is 27.1 Å². The maximum absolute atomic E-state index is 13.1. The fraction of sp³-hybridized carbons (Fsp3) is 0.433. The van der Waals surface area contributed by atoms with Crippen molar-refractivity contribution in [2.75, 3.05) is 18.1 Å². The Hall–Kier alpha value is -3.27. The van der Waals surface area contributed by atoms with Crippen molar-refractivity contribution >= 4 is 21.4 Å². The molecule has 3 aromatic rings. The summed E-state index contributed by atoms with van der Waals surface area (Å²) in [5.74, 6) is 0.301. The number of carbonyl (C=O) groups excluding carboxylic acids is 1. The first-order valence-corrected chi connectivity index (χ1v) is 15.6.